The van der Waals surface area contributed by atoms with Gasteiger partial charge in [-0.25, -0.2) is 4.98 Å². The lowest BCUT2D eigenvalue weighted by molar-refractivity contribution is 0.195. The maximum absolute atomic E-state index is 13.3. The molecule has 1 unspecified atom stereocenters. The van der Waals surface area contributed by atoms with Crippen molar-refractivity contribution in [2.24, 2.45) is 0 Å². The summed E-state index contributed by atoms with van der Waals surface area (Å²) in [5.41, 5.74) is 2.22. The number of aromatic nitrogens is 5. The van der Waals surface area contributed by atoms with Gasteiger partial charge in [0.2, 0.25) is 17.7 Å². The number of rotatable bonds is 5. The first-order chi connectivity index (χ1) is 15.5. The molecular weight excluding hydrogens is 432 g/mol. The second kappa shape index (κ2) is 8.33. The molecule has 3 aromatic heterocycles. The maximum Gasteiger partial charge on any atom is 0.260 e. The highest BCUT2D eigenvalue weighted by molar-refractivity contribution is 6.33. The molecule has 0 amide bonds. The van der Waals surface area contributed by atoms with Crippen LogP contribution in [0.1, 0.15) is 19.2 Å². The largest absolute Gasteiger partial charge is 0.379 e. The van der Waals surface area contributed by atoms with Crippen LogP contribution in [0.3, 0.4) is 0 Å². The van der Waals surface area contributed by atoms with Gasteiger partial charge in [-0.15, -0.1) is 0 Å². The van der Waals surface area contributed by atoms with E-state index in [2.05, 4.69) is 25.4 Å². The number of pyridine rings is 1. The molecule has 32 heavy (non-hydrogen) atoms. The Hall–Kier alpha value is -3.30. The molecule has 1 aromatic carbocycles. The summed E-state index contributed by atoms with van der Waals surface area (Å²) in [6.45, 7) is 5.44. The summed E-state index contributed by atoms with van der Waals surface area (Å²) in [6, 6.07) is 7.30. The predicted molar refractivity (Wildman–Crippen MR) is 121 cm³/mol. The van der Waals surface area contributed by atoms with E-state index >= 15 is 0 Å². The van der Waals surface area contributed by atoms with E-state index in [1.165, 1.54) is 0 Å². The molecule has 9 nitrogen and oxygen atoms in total. The molecule has 1 aliphatic heterocycles. The molecule has 1 atom stereocenters. The van der Waals surface area contributed by atoms with Crippen LogP contribution in [0, 0.1) is 6.92 Å². The van der Waals surface area contributed by atoms with Crippen molar-refractivity contribution in [2.75, 3.05) is 18.5 Å². The highest BCUT2D eigenvalue weighted by Gasteiger charge is 2.19. The van der Waals surface area contributed by atoms with Crippen LogP contribution in [-0.4, -0.2) is 43.9 Å². The number of nitrogens with zero attached hydrogens (tertiary/aromatic N) is 5. The molecule has 1 aliphatic rings. The van der Waals surface area contributed by atoms with Crippen LogP contribution in [0.5, 0.6) is 0 Å². The molecule has 164 valence electrons. The minimum absolute atomic E-state index is 0.168. The number of hydrogen-bond acceptors (Lipinski definition) is 8. The van der Waals surface area contributed by atoms with Crippen molar-refractivity contribution < 1.29 is 9.26 Å². The number of halogens is 1. The van der Waals surface area contributed by atoms with Gasteiger partial charge in [0, 0.05) is 53.4 Å². The maximum atomic E-state index is 13.3. The first-order valence-electron chi connectivity index (χ1n) is 10.4. The highest BCUT2D eigenvalue weighted by atomic mass is 35.5. The lowest BCUT2D eigenvalue weighted by Crippen LogP contribution is -2.24. The zero-order valence-corrected chi connectivity index (χ0v) is 18.4. The van der Waals surface area contributed by atoms with Gasteiger partial charge >= 0.3 is 0 Å². The lowest BCUT2D eigenvalue weighted by Gasteiger charge is -2.14. The van der Waals surface area contributed by atoms with Gasteiger partial charge in [-0.2, -0.15) is 9.97 Å². The van der Waals surface area contributed by atoms with Crippen LogP contribution in [0.4, 0.5) is 5.95 Å². The average Bonchev–Trinajstić information content (AvgIpc) is 3.45. The first kappa shape index (κ1) is 20.6. The Morgan fingerprint density at radius 1 is 1.25 bits per heavy atom. The normalized spacial score (nSPS) is 16.0. The monoisotopic (exact) mass is 452 g/mol. The summed E-state index contributed by atoms with van der Waals surface area (Å²) in [6.07, 6.45) is 2.62. The summed E-state index contributed by atoms with van der Waals surface area (Å²) in [7, 11) is 0. The SMILES string of the molecule is CCn1c(=O)c(-c2ccc(-c3noc(C)n3)cc2Cl)cc2cnc(NC3CCOC3)nc21. The van der Waals surface area contributed by atoms with Gasteiger partial charge in [0.25, 0.3) is 5.56 Å². The molecule has 0 saturated carbocycles. The molecule has 1 saturated heterocycles. The molecule has 1 N–H and O–H groups in total. The zero-order chi connectivity index (χ0) is 22.2. The van der Waals surface area contributed by atoms with Crippen molar-refractivity contribution in [3.05, 3.63) is 51.7 Å². The van der Waals surface area contributed by atoms with Crippen molar-refractivity contribution >= 4 is 28.6 Å². The van der Waals surface area contributed by atoms with E-state index in [9.17, 15) is 4.79 Å². The first-order valence-corrected chi connectivity index (χ1v) is 10.8. The summed E-state index contributed by atoms with van der Waals surface area (Å²) < 4.78 is 12.1. The van der Waals surface area contributed by atoms with E-state index < -0.39 is 0 Å². The third-order valence-corrected chi connectivity index (χ3v) is 5.76. The zero-order valence-electron chi connectivity index (χ0n) is 17.6. The van der Waals surface area contributed by atoms with Crippen LogP contribution in [0.25, 0.3) is 33.5 Å². The Bertz CT molecular complexity index is 1360. The number of benzene rings is 1. The molecule has 4 aromatic rings. The lowest BCUT2D eigenvalue weighted by atomic mass is 10.0. The average molecular weight is 453 g/mol. The molecule has 0 spiro atoms. The molecule has 4 heterocycles. The van der Waals surface area contributed by atoms with Crippen LogP contribution in [-0.2, 0) is 11.3 Å². The Morgan fingerprint density at radius 2 is 2.12 bits per heavy atom. The van der Waals surface area contributed by atoms with Crippen molar-refractivity contribution in [2.45, 2.75) is 32.9 Å². The Morgan fingerprint density at radius 3 is 2.81 bits per heavy atom. The summed E-state index contributed by atoms with van der Waals surface area (Å²) >= 11 is 6.57. The number of ether oxygens (including phenoxy) is 1. The predicted octanol–water partition coefficient (Wildman–Crippen LogP) is 3.69. The highest BCUT2D eigenvalue weighted by Crippen LogP contribution is 2.31. The number of hydrogen-bond donors (Lipinski definition) is 1. The second-order valence-corrected chi connectivity index (χ2v) is 8.02. The number of anilines is 1. The minimum Gasteiger partial charge on any atom is -0.379 e. The van der Waals surface area contributed by atoms with Gasteiger partial charge in [0.15, 0.2) is 0 Å². The van der Waals surface area contributed by atoms with Gasteiger partial charge in [-0.05, 0) is 25.5 Å². The Balaban J connectivity index is 1.57. The summed E-state index contributed by atoms with van der Waals surface area (Å²) in [4.78, 5) is 26.6. The summed E-state index contributed by atoms with van der Waals surface area (Å²) in [5, 5.41) is 8.37. The van der Waals surface area contributed by atoms with E-state index in [1.54, 1.807) is 35.9 Å². The van der Waals surface area contributed by atoms with E-state index in [1.807, 2.05) is 13.0 Å². The van der Waals surface area contributed by atoms with Gasteiger partial charge in [-0.1, -0.05) is 28.9 Å². The number of fused-ring (bicyclic) bond motifs is 1. The topological polar surface area (TPSA) is 108 Å². The fourth-order valence-electron chi connectivity index (χ4n) is 3.83. The van der Waals surface area contributed by atoms with Gasteiger partial charge in [0.1, 0.15) is 5.65 Å². The van der Waals surface area contributed by atoms with E-state index in [-0.39, 0.29) is 11.6 Å². The van der Waals surface area contributed by atoms with Crippen molar-refractivity contribution in [3.8, 4) is 22.5 Å². The fraction of sp³-hybridized carbons (Fsp3) is 0.318. The van der Waals surface area contributed by atoms with E-state index in [0.717, 1.165) is 18.4 Å². The van der Waals surface area contributed by atoms with Gasteiger partial charge in [-0.3, -0.25) is 9.36 Å². The minimum atomic E-state index is -0.168. The molecule has 0 radical (unpaired) electrons. The molecular formula is C22H21ClN6O3. The van der Waals surface area contributed by atoms with Gasteiger partial charge in [0.05, 0.1) is 12.6 Å². The fourth-order valence-corrected chi connectivity index (χ4v) is 4.12. The molecule has 10 heteroatoms. The smallest absolute Gasteiger partial charge is 0.260 e. The quantitative estimate of drug-likeness (QED) is 0.488. The molecule has 1 fully saturated rings. The van der Waals surface area contributed by atoms with Gasteiger partial charge < -0.3 is 14.6 Å². The van der Waals surface area contributed by atoms with Crippen LogP contribution in [0.2, 0.25) is 5.02 Å². The third-order valence-electron chi connectivity index (χ3n) is 5.45. The molecule has 5 rings (SSSR count). The molecule has 0 bridgehead atoms. The van der Waals surface area contributed by atoms with Crippen LogP contribution in [0.15, 0.2) is 39.8 Å². The standard InChI is InChI=1S/C22H21ClN6O3/c1-3-29-20-14(10-24-22(27-20)26-15-6-7-31-11-15)8-17(21(29)30)16-5-4-13(9-18(16)23)19-25-12(2)32-28-19/h4-5,8-10,15H,3,6-7,11H2,1-2H3,(H,24,26,27). The summed E-state index contributed by atoms with van der Waals surface area (Å²) in [5.74, 6) is 1.40. The van der Waals surface area contributed by atoms with Crippen LogP contribution >= 0.6 is 11.6 Å². The van der Waals surface area contributed by atoms with E-state index in [0.29, 0.717) is 58.2 Å². The van der Waals surface area contributed by atoms with E-state index in [4.69, 9.17) is 20.9 Å². The second-order valence-electron chi connectivity index (χ2n) is 7.62. The van der Waals surface area contributed by atoms with Crippen LogP contribution < -0.4 is 10.9 Å². The number of aryl methyl sites for hydroxylation is 2. The third kappa shape index (κ3) is 3.74. The van der Waals surface area contributed by atoms with Crippen molar-refractivity contribution in [1.82, 2.24) is 24.7 Å². The Kier molecular flexibility index (Phi) is 5.36. The van der Waals surface area contributed by atoms with Crippen molar-refractivity contribution in [1.29, 1.82) is 0 Å². The Labute approximate surface area is 188 Å². The molecule has 0 aliphatic carbocycles. The van der Waals surface area contributed by atoms with Crippen molar-refractivity contribution in [3.63, 3.8) is 0 Å². The number of nitrogens with one attached hydrogen (secondary N) is 1.